The van der Waals surface area contributed by atoms with Crippen molar-refractivity contribution >= 4 is 35.0 Å². The maximum Gasteiger partial charge on any atom is 0.261 e. The van der Waals surface area contributed by atoms with Gasteiger partial charge in [-0.2, -0.15) is 0 Å². The molecule has 2 aromatic carbocycles. The minimum atomic E-state index is -0.710. The Morgan fingerprint density at radius 1 is 1.10 bits per heavy atom. The fourth-order valence-electron chi connectivity index (χ4n) is 2.80. The summed E-state index contributed by atoms with van der Waals surface area (Å²) in [5, 5.41) is 3.69. The Morgan fingerprint density at radius 3 is 2.29 bits per heavy atom. The summed E-state index contributed by atoms with van der Waals surface area (Å²) in [5.74, 6) is 0.453. The summed E-state index contributed by atoms with van der Waals surface area (Å²) < 4.78 is 10.8. The third-order valence-corrected chi connectivity index (χ3v) is 4.95. The Kier molecular flexibility index (Phi) is 8.60. The van der Waals surface area contributed by atoms with Gasteiger partial charge in [0.15, 0.2) is 6.61 Å². The van der Waals surface area contributed by atoms with Crippen molar-refractivity contribution in [2.24, 2.45) is 0 Å². The number of hydrogen-bond donors (Lipinski definition) is 1. The smallest absolute Gasteiger partial charge is 0.261 e. The predicted molar refractivity (Wildman–Crippen MR) is 123 cm³/mol. The van der Waals surface area contributed by atoms with Gasteiger partial charge in [-0.1, -0.05) is 35.3 Å². The number of ether oxygens (including phenoxy) is 2. The highest BCUT2D eigenvalue weighted by molar-refractivity contribution is 6.35. The molecule has 0 saturated carbocycles. The molecular weight excluding hydrogens is 439 g/mol. The molecule has 0 saturated heterocycles. The lowest BCUT2D eigenvalue weighted by molar-refractivity contribution is -0.142. The van der Waals surface area contributed by atoms with Crippen molar-refractivity contribution in [3.05, 3.63) is 58.1 Å². The molecule has 2 rings (SSSR count). The van der Waals surface area contributed by atoms with E-state index in [-0.39, 0.29) is 25.0 Å². The zero-order chi connectivity index (χ0) is 23.2. The lowest BCUT2D eigenvalue weighted by Gasteiger charge is -2.31. The van der Waals surface area contributed by atoms with Gasteiger partial charge in [0.25, 0.3) is 5.91 Å². The Morgan fingerprint density at radius 2 is 1.74 bits per heavy atom. The maximum atomic E-state index is 13.1. The van der Waals surface area contributed by atoms with E-state index in [1.165, 1.54) is 11.0 Å². The highest BCUT2D eigenvalue weighted by Crippen LogP contribution is 2.27. The van der Waals surface area contributed by atoms with Crippen molar-refractivity contribution in [3.63, 3.8) is 0 Å². The molecule has 0 fully saturated rings. The topological polar surface area (TPSA) is 67.9 Å². The monoisotopic (exact) mass is 466 g/mol. The van der Waals surface area contributed by atoms with Crippen LogP contribution in [0.25, 0.3) is 0 Å². The van der Waals surface area contributed by atoms with Crippen molar-refractivity contribution in [2.45, 2.75) is 45.8 Å². The summed E-state index contributed by atoms with van der Waals surface area (Å²) in [6.07, 6.45) is 0. The molecule has 2 amide bonds. The van der Waals surface area contributed by atoms with Crippen LogP contribution in [0, 0.1) is 0 Å². The van der Waals surface area contributed by atoms with Crippen molar-refractivity contribution < 1.29 is 19.1 Å². The highest BCUT2D eigenvalue weighted by Gasteiger charge is 2.28. The Balaban J connectivity index is 2.19. The molecule has 31 heavy (non-hydrogen) atoms. The fraction of sp³-hybridized carbons (Fsp3) is 0.391. The number of carbonyl (C=O) groups is 2. The van der Waals surface area contributed by atoms with Gasteiger partial charge in [0.2, 0.25) is 5.91 Å². The second-order valence-corrected chi connectivity index (χ2v) is 8.99. The van der Waals surface area contributed by atoms with Crippen LogP contribution in [0.2, 0.25) is 10.0 Å². The molecule has 0 aliphatic rings. The molecular formula is C23H28Cl2N2O4. The van der Waals surface area contributed by atoms with E-state index in [1.54, 1.807) is 26.2 Å². The number of methoxy groups -OCH3 is 1. The zero-order valence-electron chi connectivity index (χ0n) is 18.4. The molecule has 8 heteroatoms. The van der Waals surface area contributed by atoms with Crippen LogP contribution >= 0.6 is 23.2 Å². The fourth-order valence-corrected chi connectivity index (χ4v) is 3.26. The highest BCUT2D eigenvalue weighted by atomic mass is 35.5. The maximum absolute atomic E-state index is 13.1. The number of amides is 2. The lowest BCUT2D eigenvalue weighted by Crippen LogP contribution is -2.53. The third-order valence-electron chi connectivity index (χ3n) is 4.42. The van der Waals surface area contributed by atoms with Crippen molar-refractivity contribution in [1.82, 2.24) is 10.2 Å². The summed E-state index contributed by atoms with van der Waals surface area (Å²) >= 11 is 12.0. The second kappa shape index (κ2) is 10.7. The van der Waals surface area contributed by atoms with Crippen molar-refractivity contribution in [1.29, 1.82) is 0 Å². The molecule has 1 atom stereocenters. The predicted octanol–water partition coefficient (Wildman–Crippen LogP) is 4.71. The molecule has 2 aromatic rings. The average molecular weight is 467 g/mol. The van der Waals surface area contributed by atoms with E-state index >= 15 is 0 Å². The first kappa shape index (κ1) is 24.8. The largest absolute Gasteiger partial charge is 0.497 e. The van der Waals surface area contributed by atoms with E-state index in [0.717, 1.165) is 5.56 Å². The average Bonchev–Trinajstić information content (AvgIpc) is 2.69. The molecule has 0 aliphatic carbocycles. The summed E-state index contributed by atoms with van der Waals surface area (Å²) in [6.45, 7) is 7.32. The van der Waals surface area contributed by atoms with Crippen LogP contribution < -0.4 is 14.8 Å². The van der Waals surface area contributed by atoms with Gasteiger partial charge in [0.05, 0.1) is 12.1 Å². The van der Waals surface area contributed by atoms with E-state index in [1.807, 2.05) is 45.0 Å². The summed E-state index contributed by atoms with van der Waals surface area (Å²) in [5.41, 5.74) is 0.433. The molecule has 0 heterocycles. The Hall–Kier alpha value is -2.44. The van der Waals surface area contributed by atoms with Crippen LogP contribution in [0.4, 0.5) is 0 Å². The number of halogens is 2. The van der Waals surface area contributed by atoms with Crippen LogP contribution in [-0.4, -0.2) is 42.0 Å². The van der Waals surface area contributed by atoms with Crippen LogP contribution in [-0.2, 0) is 16.1 Å². The Labute approximate surface area is 193 Å². The molecule has 0 unspecified atom stereocenters. The van der Waals surface area contributed by atoms with Crippen LogP contribution in [0.15, 0.2) is 42.5 Å². The number of rotatable bonds is 8. The number of nitrogens with one attached hydrogen (secondary N) is 1. The molecule has 0 aromatic heterocycles. The molecule has 1 N–H and O–H groups in total. The van der Waals surface area contributed by atoms with Crippen molar-refractivity contribution in [3.8, 4) is 11.5 Å². The first-order valence-electron chi connectivity index (χ1n) is 9.82. The number of carbonyl (C=O) groups excluding carboxylic acids is 2. The van der Waals surface area contributed by atoms with E-state index in [4.69, 9.17) is 32.7 Å². The van der Waals surface area contributed by atoms with Gasteiger partial charge >= 0.3 is 0 Å². The van der Waals surface area contributed by atoms with Gasteiger partial charge in [-0.3, -0.25) is 9.59 Å². The summed E-state index contributed by atoms with van der Waals surface area (Å²) in [7, 11) is 1.59. The molecule has 0 spiro atoms. The van der Waals surface area contributed by atoms with Gasteiger partial charge in [-0.05, 0) is 63.6 Å². The molecule has 0 bridgehead atoms. The molecule has 6 nitrogen and oxygen atoms in total. The first-order chi connectivity index (χ1) is 14.5. The molecule has 0 radical (unpaired) electrons. The number of benzene rings is 2. The number of hydrogen-bond acceptors (Lipinski definition) is 4. The standard InChI is InChI=1S/C23H28Cl2N2O4/c1-15(22(29)26-23(2,3)4)27(13-16-6-9-18(30-5)10-7-16)21(28)14-31-20-11-8-17(24)12-19(20)25/h6-12,15H,13-14H2,1-5H3,(H,26,29)/t15-/m0/s1. The van der Waals surface area contributed by atoms with Crippen molar-refractivity contribution in [2.75, 3.05) is 13.7 Å². The minimum absolute atomic E-state index is 0.235. The number of nitrogens with zero attached hydrogens (tertiary/aromatic N) is 1. The summed E-state index contributed by atoms with van der Waals surface area (Å²) in [4.78, 5) is 27.3. The van der Waals surface area contributed by atoms with Gasteiger partial charge in [0, 0.05) is 17.1 Å². The minimum Gasteiger partial charge on any atom is -0.497 e. The zero-order valence-corrected chi connectivity index (χ0v) is 19.9. The SMILES string of the molecule is COc1ccc(CN(C(=O)COc2ccc(Cl)cc2Cl)[C@@H](C)C(=O)NC(C)(C)C)cc1. The van der Waals surface area contributed by atoms with E-state index in [9.17, 15) is 9.59 Å². The van der Waals surface area contributed by atoms with Gasteiger partial charge in [-0.25, -0.2) is 0 Å². The van der Waals surface area contributed by atoms with Crippen LogP contribution in [0.3, 0.4) is 0 Å². The second-order valence-electron chi connectivity index (χ2n) is 8.15. The quantitative estimate of drug-likeness (QED) is 0.611. The van der Waals surface area contributed by atoms with Gasteiger partial charge < -0.3 is 19.7 Å². The van der Waals surface area contributed by atoms with Gasteiger partial charge in [-0.15, -0.1) is 0 Å². The van der Waals surface area contributed by atoms with Gasteiger partial charge in [0.1, 0.15) is 17.5 Å². The third kappa shape index (κ3) is 7.64. The molecule has 168 valence electrons. The Bertz CT molecular complexity index is 911. The lowest BCUT2D eigenvalue weighted by atomic mass is 10.1. The molecule has 0 aliphatic heterocycles. The first-order valence-corrected chi connectivity index (χ1v) is 10.6. The van der Waals surface area contributed by atoms with E-state index < -0.39 is 11.6 Å². The van der Waals surface area contributed by atoms with Crippen LogP contribution in [0.5, 0.6) is 11.5 Å². The normalized spacial score (nSPS) is 12.1. The van der Waals surface area contributed by atoms with E-state index in [2.05, 4.69) is 5.32 Å². The van der Waals surface area contributed by atoms with Crippen LogP contribution in [0.1, 0.15) is 33.3 Å². The summed E-state index contributed by atoms with van der Waals surface area (Å²) in [6, 6.07) is 11.4. The van der Waals surface area contributed by atoms with E-state index in [0.29, 0.717) is 21.5 Å².